The van der Waals surface area contributed by atoms with E-state index in [0.717, 1.165) is 4.47 Å². The van der Waals surface area contributed by atoms with Gasteiger partial charge in [0, 0.05) is 28.8 Å². The Labute approximate surface area is 172 Å². The van der Waals surface area contributed by atoms with E-state index in [0.29, 0.717) is 5.69 Å². The molecule has 0 unspecified atom stereocenters. The van der Waals surface area contributed by atoms with Gasteiger partial charge in [-0.25, -0.2) is 8.42 Å². The number of sulfonamides is 1. The lowest BCUT2D eigenvalue weighted by Gasteiger charge is -2.20. The van der Waals surface area contributed by atoms with Crippen molar-refractivity contribution in [2.45, 2.75) is 17.7 Å². The number of hydrogen-bond acceptors (Lipinski definition) is 5. The highest BCUT2D eigenvalue weighted by Crippen LogP contribution is 2.20. The van der Waals surface area contributed by atoms with Crippen molar-refractivity contribution < 1.29 is 13.2 Å². The molecule has 0 bridgehead atoms. The molecular formula is C19H17BrN4O3S. The number of anilines is 1. The zero-order valence-electron chi connectivity index (χ0n) is 14.8. The second-order valence-electron chi connectivity index (χ2n) is 5.75. The van der Waals surface area contributed by atoms with Crippen molar-refractivity contribution in [1.29, 1.82) is 10.5 Å². The molecule has 0 aliphatic heterocycles. The van der Waals surface area contributed by atoms with Crippen LogP contribution in [-0.2, 0) is 10.0 Å². The summed E-state index contributed by atoms with van der Waals surface area (Å²) < 4.78 is 28.6. The summed E-state index contributed by atoms with van der Waals surface area (Å²) in [6.45, 7) is 0.344. The highest BCUT2D eigenvalue weighted by molar-refractivity contribution is 9.10. The highest BCUT2D eigenvalue weighted by atomic mass is 79.9. The maximum absolute atomic E-state index is 12.7. The van der Waals surface area contributed by atoms with Crippen LogP contribution in [0.1, 0.15) is 23.2 Å². The summed E-state index contributed by atoms with van der Waals surface area (Å²) in [6.07, 6.45) is 0.251. The Balaban J connectivity index is 2.26. The highest BCUT2D eigenvalue weighted by Gasteiger charge is 2.19. The third-order valence-corrected chi connectivity index (χ3v) is 5.67. The molecule has 9 heteroatoms. The molecule has 0 aromatic heterocycles. The van der Waals surface area contributed by atoms with E-state index in [1.165, 1.54) is 29.2 Å². The monoisotopic (exact) mass is 460 g/mol. The normalized spacial score (nSPS) is 10.5. The first-order valence-electron chi connectivity index (χ1n) is 8.29. The molecule has 0 spiro atoms. The average Bonchev–Trinajstić information content (AvgIpc) is 2.69. The minimum Gasteiger partial charge on any atom is -0.337 e. The number of amides is 1. The van der Waals surface area contributed by atoms with Crippen molar-refractivity contribution >= 4 is 37.5 Å². The van der Waals surface area contributed by atoms with Crippen LogP contribution in [0.2, 0.25) is 0 Å². The number of carbonyl (C=O) groups excluding carboxylic acids is 1. The first kappa shape index (κ1) is 21.4. The lowest BCUT2D eigenvalue weighted by atomic mass is 10.2. The van der Waals surface area contributed by atoms with Gasteiger partial charge in [-0.15, -0.1) is 0 Å². The van der Waals surface area contributed by atoms with Crippen LogP contribution in [0.15, 0.2) is 57.9 Å². The largest absolute Gasteiger partial charge is 0.337 e. The Hall–Kier alpha value is -2.88. The minimum atomic E-state index is -3.88. The number of nitriles is 2. The van der Waals surface area contributed by atoms with Gasteiger partial charge in [-0.2, -0.15) is 10.5 Å². The van der Waals surface area contributed by atoms with Gasteiger partial charge in [-0.05, 0) is 42.5 Å². The third-order valence-electron chi connectivity index (χ3n) is 3.76. The summed E-state index contributed by atoms with van der Waals surface area (Å²) in [5.41, 5.74) is 0.569. The van der Waals surface area contributed by atoms with Crippen molar-refractivity contribution in [2.75, 3.05) is 17.8 Å². The van der Waals surface area contributed by atoms with Crippen LogP contribution in [0.5, 0.6) is 0 Å². The van der Waals surface area contributed by atoms with Crippen LogP contribution >= 0.6 is 15.9 Å². The predicted molar refractivity (Wildman–Crippen MR) is 108 cm³/mol. The summed E-state index contributed by atoms with van der Waals surface area (Å²) in [7, 11) is -3.88. The molecule has 28 heavy (non-hydrogen) atoms. The fourth-order valence-electron chi connectivity index (χ4n) is 2.40. The number of nitrogens with zero attached hydrogens (tertiary/aromatic N) is 3. The van der Waals surface area contributed by atoms with E-state index < -0.39 is 15.9 Å². The Morgan fingerprint density at radius 3 is 2.21 bits per heavy atom. The number of rotatable bonds is 8. The molecule has 1 amide bonds. The quantitative estimate of drug-likeness (QED) is 0.646. The van der Waals surface area contributed by atoms with Crippen LogP contribution in [0.4, 0.5) is 5.69 Å². The molecule has 0 heterocycles. The molecule has 0 saturated heterocycles. The van der Waals surface area contributed by atoms with Crippen LogP contribution in [0.3, 0.4) is 0 Å². The minimum absolute atomic E-state index is 0.0539. The average molecular weight is 461 g/mol. The molecule has 7 nitrogen and oxygen atoms in total. The van der Waals surface area contributed by atoms with Crippen LogP contribution < -0.4 is 4.72 Å². The summed E-state index contributed by atoms with van der Waals surface area (Å²) >= 11 is 3.29. The first-order valence-corrected chi connectivity index (χ1v) is 10.6. The van der Waals surface area contributed by atoms with Crippen LogP contribution in [0.25, 0.3) is 0 Å². The fraction of sp³-hybridized carbons (Fsp3) is 0.211. The van der Waals surface area contributed by atoms with E-state index in [4.69, 9.17) is 10.5 Å². The molecule has 2 aromatic rings. The molecule has 0 aliphatic rings. The number of carbonyl (C=O) groups is 1. The second-order valence-corrected chi connectivity index (χ2v) is 8.35. The number of benzene rings is 2. The van der Waals surface area contributed by atoms with Gasteiger partial charge in [0.15, 0.2) is 0 Å². The van der Waals surface area contributed by atoms with E-state index >= 15 is 0 Å². The van der Waals surface area contributed by atoms with Gasteiger partial charge in [0.2, 0.25) is 0 Å². The SMILES string of the molecule is N#CCCN(CCC#N)C(=O)c1cccc(S(=O)(=O)Nc2ccc(Br)cc2)c1. The zero-order valence-corrected chi connectivity index (χ0v) is 17.2. The maximum atomic E-state index is 12.7. The molecule has 0 saturated carbocycles. The Bertz CT molecular complexity index is 1010. The lowest BCUT2D eigenvalue weighted by molar-refractivity contribution is 0.0762. The Morgan fingerprint density at radius 2 is 1.64 bits per heavy atom. The Morgan fingerprint density at radius 1 is 1.04 bits per heavy atom. The summed E-state index contributed by atoms with van der Waals surface area (Å²) in [5.74, 6) is -0.425. The lowest BCUT2D eigenvalue weighted by Crippen LogP contribution is -2.33. The van der Waals surface area contributed by atoms with Gasteiger partial charge in [-0.3, -0.25) is 9.52 Å². The summed E-state index contributed by atoms with van der Waals surface area (Å²) in [6, 6.07) is 16.2. The van der Waals surface area contributed by atoms with Crippen molar-refractivity contribution in [1.82, 2.24) is 4.90 Å². The van der Waals surface area contributed by atoms with Crippen molar-refractivity contribution in [3.05, 3.63) is 58.6 Å². The summed E-state index contributed by atoms with van der Waals surface area (Å²) in [4.78, 5) is 14.0. The molecule has 0 aliphatic carbocycles. The fourth-order valence-corrected chi connectivity index (χ4v) is 3.76. The van der Waals surface area contributed by atoms with E-state index in [9.17, 15) is 13.2 Å². The smallest absolute Gasteiger partial charge is 0.261 e. The zero-order chi connectivity index (χ0) is 20.6. The molecule has 1 N–H and O–H groups in total. The molecule has 2 rings (SSSR count). The van der Waals surface area contributed by atoms with E-state index in [-0.39, 0.29) is 36.4 Å². The molecular weight excluding hydrogens is 444 g/mol. The van der Waals surface area contributed by atoms with Gasteiger partial charge in [-0.1, -0.05) is 22.0 Å². The topological polar surface area (TPSA) is 114 Å². The molecule has 0 fully saturated rings. The van der Waals surface area contributed by atoms with Crippen molar-refractivity contribution in [3.8, 4) is 12.1 Å². The number of nitrogens with one attached hydrogen (secondary N) is 1. The van der Waals surface area contributed by atoms with Crippen LogP contribution in [-0.4, -0.2) is 32.3 Å². The van der Waals surface area contributed by atoms with Crippen molar-refractivity contribution in [2.24, 2.45) is 0 Å². The second kappa shape index (κ2) is 9.88. The maximum Gasteiger partial charge on any atom is 0.261 e. The molecule has 0 atom stereocenters. The number of halogens is 1. The number of hydrogen-bond donors (Lipinski definition) is 1. The molecule has 0 radical (unpaired) electrons. The van der Waals surface area contributed by atoms with E-state index in [1.54, 1.807) is 24.3 Å². The predicted octanol–water partition coefficient (Wildman–Crippen LogP) is 3.52. The van der Waals surface area contributed by atoms with Crippen molar-refractivity contribution in [3.63, 3.8) is 0 Å². The van der Waals surface area contributed by atoms with Gasteiger partial charge in [0.1, 0.15) is 0 Å². The van der Waals surface area contributed by atoms with E-state index in [1.807, 2.05) is 12.1 Å². The third kappa shape index (κ3) is 5.81. The molecule has 144 valence electrons. The Kier molecular flexibility index (Phi) is 7.56. The van der Waals surface area contributed by atoms with Gasteiger partial charge < -0.3 is 4.90 Å². The molecule has 2 aromatic carbocycles. The first-order chi connectivity index (χ1) is 13.4. The van der Waals surface area contributed by atoms with Crippen LogP contribution in [0, 0.1) is 22.7 Å². The van der Waals surface area contributed by atoms with Gasteiger partial charge in [0.05, 0.1) is 29.9 Å². The summed E-state index contributed by atoms with van der Waals surface area (Å²) in [5, 5.41) is 17.5. The standard InChI is InChI=1S/C19H17BrN4O3S/c20-16-6-8-17(9-7-16)23-28(26,27)18-5-1-4-15(14-18)19(25)24(12-2-10-21)13-3-11-22/h1,4-9,14,23H,2-3,12-13H2. The van der Waals surface area contributed by atoms with Gasteiger partial charge >= 0.3 is 0 Å². The van der Waals surface area contributed by atoms with E-state index in [2.05, 4.69) is 20.7 Å². The van der Waals surface area contributed by atoms with Gasteiger partial charge in [0.25, 0.3) is 15.9 Å².